The molecule has 1 fully saturated rings. The van der Waals surface area contributed by atoms with Gasteiger partial charge in [0.15, 0.2) is 10.9 Å². The van der Waals surface area contributed by atoms with Crippen molar-refractivity contribution < 1.29 is 4.52 Å². The number of hydrogen-bond acceptors (Lipinski definition) is 6. The number of anilines is 1. The Morgan fingerprint density at radius 3 is 2.68 bits per heavy atom. The van der Waals surface area contributed by atoms with Gasteiger partial charge in [-0.2, -0.15) is 0 Å². The zero-order valence-corrected chi connectivity index (χ0v) is 14.8. The predicted molar refractivity (Wildman–Crippen MR) is 101 cm³/mol. The maximum atomic E-state index is 5.77. The second-order valence-corrected chi connectivity index (χ2v) is 7.44. The zero-order valence-electron chi connectivity index (χ0n) is 14.0. The highest BCUT2D eigenvalue weighted by atomic mass is 32.1. The van der Waals surface area contributed by atoms with Crippen LogP contribution in [0.5, 0.6) is 0 Å². The quantitative estimate of drug-likeness (QED) is 0.710. The van der Waals surface area contributed by atoms with Gasteiger partial charge in [-0.1, -0.05) is 35.5 Å². The van der Waals surface area contributed by atoms with Crippen LogP contribution in [0.1, 0.15) is 25.7 Å². The lowest BCUT2D eigenvalue weighted by molar-refractivity contribution is 0.345. The van der Waals surface area contributed by atoms with Crippen LogP contribution in [0.2, 0.25) is 0 Å². The van der Waals surface area contributed by atoms with Crippen molar-refractivity contribution in [2.45, 2.75) is 31.7 Å². The molecule has 130 valence electrons. The summed E-state index contributed by atoms with van der Waals surface area (Å²) in [5.74, 6) is 1.45. The molecule has 0 amide bonds. The van der Waals surface area contributed by atoms with E-state index >= 15 is 0 Å². The van der Waals surface area contributed by atoms with Gasteiger partial charge in [0.25, 0.3) is 0 Å². The molecule has 2 heterocycles. The summed E-state index contributed by atoms with van der Waals surface area (Å²) in [6.45, 7) is 0.810. The minimum absolute atomic E-state index is 0.499. The van der Waals surface area contributed by atoms with Gasteiger partial charge in [0.05, 0.1) is 0 Å². The monoisotopic (exact) mass is 354 g/mol. The Balaban J connectivity index is 1.42. The molecule has 0 aliphatic heterocycles. The van der Waals surface area contributed by atoms with E-state index in [1.165, 1.54) is 25.7 Å². The van der Waals surface area contributed by atoms with Gasteiger partial charge < -0.3 is 15.6 Å². The van der Waals surface area contributed by atoms with Crippen LogP contribution >= 0.6 is 11.3 Å². The van der Waals surface area contributed by atoms with Crippen LogP contribution in [0.3, 0.4) is 0 Å². The highest BCUT2D eigenvalue weighted by molar-refractivity contribution is 7.14. The first-order valence-electron chi connectivity index (χ1n) is 8.76. The largest absolute Gasteiger partial charge is 0.359 e. The summed E-state index contributed by atoms with van der Waals surface area (Å²) in [6.07, 6.45) is 4.74. The number of rotatable bonds is 5. The summed E-state index contributed by atoms with van der Waals surface area (Å²) in [5, 5.41) is 10.7. The molecule has 1 saturated carbocycles. The fourth-order valence-electron chi connectivity index (χ4n) is 3.31. The molecule has 0 spiro atoms. The van der Waals surface area contributed by atoms with Gasteiger partial charge in [-0.25, -0.2) is 4.98 Å². The van der Waals surface area contributed by atoms with Crippen LogP contribution in [-0.2, 0) is 0 Å². The Hall–Kier alpha value is -2.18. The summed E-state index contributed by atoms with van der Waals surface area (Å²) in [6, 6.07) is 12.4. The van der Waals surface area contributed by atoms with E-state index in [0.717, 1.165) is 34.4 Å². The summed E-state index contributed by atoms with van der Waals surface area (Å²) in [4.78, 5) is 4.68. The predicted octanol–water partition coefficient (Wildman–Crippen LogP) is 4.39. The molecule has 1 aliphatic carbocycles. The molecule has 3 aromatic rings. The highest BCUT2D eigenvalue weighted by Gasteiger charge is 2.21. The molecule has 25 heavy (non-hydrogen) atoms. The van der Waals surface area contributed by atoms with Crippen molar-refractivity contribution in [3.8, 4) is 22.7 Å². The molecular weight excluding hydrogens is 332 g/mol. The van der Waals surface area contributed by atoms with Crippen LogP contribution in [0, 0.1) is 5.92 Å². The van der Waals surface area contributed by atoms with Gasteiger partial charge in [-0.3, -0.25) is 0 Å². The van der Waals surface area contributed by atoms with Crippen LogP contribution in [0.4, 0.5) is 5.13 Å². The lowest BCUT2D eigenvalue weighted by Gasteiger charge is -2.28. The molecule has 6 heteroatoms. The van der Waals surface area contributed by atoms with Crippen molar-refractivity contribution >= 4 is 16.5 Å². The number of nitrogens with zero attached hydrogens (tertiary/aromatic N) is 2. The van der Waals surface area contributed by atoms with Crippen LogP contribution < -0.4 is 11.1 Å². The topological polar surface area (TPSA) is 77.0 Å². The fraction of sp³-hybridized carbons (Fsp3) is 0.368. The Kier molecular flexibility index (Phi) is 4.81. The van der Waals surface area contributed by atoms with E-state index in [9.17, 15) is 0 Å². The van der Waals surface area contributed by atoms with Crippen LogP contribution in [0.25, 0.3) is 22.7 Å². The second kappa shape index (κ2) is 7.37. The first-order valence-corrected chi connectivity index (χ1v) is 9.64. The first kappa shape index (κ1) is 16.3. The van der Waals surface area contributed by atoms with Gasteiger partial charge in [-0.15, -0.1) is 11.3 Å². The zero-order chi connectivity index (χ0) is 17.1. The Bertz CT molecular complexity index is 806. The Morgan fingerprint density at radius 2 is 1.92 bits per heavy atom. The average Bonchev–Trinajstić information content (AvgIpc) is 3.32. The molecule has 0 saturated heterocycles. The molecule has 3 N–H and O–H groups in total. The molecule has 4 rings (SSSR count). The van der Waals surface area contributed by atoms with E-state index in [4.69, 9.17) is 10.3 Å². The smallest absolute Gasteiger partial charge is 0.183 e. The molecular formula is C19H22N4OS. The SMILES string of the molecule is NCC1CCC(Nc2nc(-c3cc(-c4ccccc4)on3)cs2)CC1. The average molecular weight is 354 g/mol. The van der Waals surface area contributed by atoms with Crippen LogP contribution in [0.15, 0.2) is 46.3 Å². The van der Waals surface area contributed by atoms with Crippen molar-refractivity contribution in [1.29, 1.82) is 0 Å². The normalized spacial score (nSPS) is 20.5. The standard InChI is InChI=1S/C19H22N4OS/c20-11-13-6-8-15(9-7-13)21-19-22-17(12-25-19)16-10-18(24-23-16)14-4-2-1-3-5-14/h1-5,10,12-13,15H,6-9,11,20H2,(H,21,22). The number of thiazole rings is 1. The third-order valence-electron chi connectivity index (χ3n) is 4.84. The van der Waals surface area contributed by atoms with Gasteiger partial charge in [0.2, 0.25) is 0 Å². The number of benzene rings is 1. The number of aromatic nitrogens is 2. The van der Waals surface area contributed by atoms with Crippen molar-refractivity contribution in [1.82, 2.24) is 10.1 Å². The molecule has 2 aromatic heterocycles. The van der Waals surface area contributed by atoms with Gasteiger partial charge in [0, 0.05) is 23.1 Å². The van der Waals surface area contributed by atoms with Crippen molar-refractivity contribution in [3.63, 3.8) is 0 Å². The van der Waals surface area contributed by atoms with Crippen LogP contribution in [-0.4, -0.2) is 22.7 Å². The molecule has 5 nitrogen and oxygen atoms in total. The third kappa shape index (κ3) is 3.75. The van der Waals surface area contributed by atoms with E-state index in [-0.39, 0.29) is 0 Å². The first-order chi connectivity index (χ1) is 12.3. The van der Waals surface area contributed by atoms with E-state index < -0.39 is 0 Å². The summed E-state index contributed by atoms with van der Waals surface area (Å²) in [5.41, 5.74) is 8.42. The second-order valence-electron chi connectivity index (χ2n) is 6.58. The summed E-state index contributed by atoms with van der Waals surface area (Å²) >= 11 is 1.62. The van der Waals surface area contributed by atoms with Crippen molar-refractivity contribution in [3.05, 3.63) is 41.8 Å². The minimum atomic E-state index is 0.499. The van der Waals surface area contributed by atoms with Crippen molar-refractivity contribution in [2.75, 3.05) is 11.9 Å². The number of hydrogen-bond donors (Lipinski definition) is 2. The van der Waals surface area contributed by atoms with Crippen molar-refractivity contribution in [2.24, 2.45) is 11.7 Å². The molecule has 0 bridgehead atoms. The van der Waals surface area contributed by atoms with E-state index in [2.05, 4.69) is 15.5 Å². The maximum Gasteiger partial charge on any atom is 0.183 e. The van der Waals surface area contributed by atoms with Gasteiger partial charge in [-0.05, 0) is 38.1 Å². The van der Waals surface area contributed by atoms with Gasteiger partial charge >= 0.3 is 0 Å². The lowest BCUT2D eigenvalue weighted by Crippen LogP contribution is -2.29. The lowest BCUT2D eigenvalue weighted by atomic mass is 9.86. The molecule has 1 aromatic carbocycles. The third-order valence-corrected chi connectivity index (χ3v) is 5.62. The Labute approximate surface area is 151 Å². The summed E-state index contributed by atoms with van der Waals surface area (Å²) < 4.78 is 5.47. The van der Waals surface area contributed by atoms with E-state index in [0.29, 0.717) is 12.0 Å². The number of nitrogens with two attached hydrogens (primary N) is 1. The number of nitrogens with one attached hydrogen (secondary N) is 1. The fourth-order valence-corrected chi connectivity index (χ4v) is 4.09. The van der Waals surface area contributed by atoms with E-state index in [1.54, 1.807) is 11.3 Å². The molecule has 1 aliphatic rings. The molecule has 0 atom stereocenters. The maximum absolute atomic E-state index is 5.77. The molecule has 0 unspecified atom stereocenters. The van der Waals surface area contributed by atoms with E-state index in [1.807, 2.05) is 41.8 Å². The summed E-state index contributed by atoms with van der Waals surface area (Å²) in [7, 11) is 0. The molecule has 0 radical (unpaired) electrons. The highest BCUT2D eigenvalue weighted by Crippen LogP contribution is 2.30. The minimum Gasteiger partial charge on any atom is -0.359 e. The Morgan fingerprint density at radius 1 is 1.12 bits per heavy atom. The van der Waals surface area contributed by atoms with Gasteiger partial charge in [0.1, 0.15) is 11.4 Å².